The second kappa shape index (κ2) is 9.84. The third-order valence-electron chi connectivity index (χ3n) is 6.36. The molecule has 0 spiro atoms. The molecule has 1 atom stereocenters. The molecule has 1 heterocycles. The Balaban J connectivity index is 0.000000332. The summed E-state index contributed by atoms with van der Waals surface area (Å²) in [6.45, 7) is 2.84. The molecule has 0 amide bonds. The Morgan fingerprint density at radius 3 is 2.52 bits per heavy atom. The summed E-state index contributed by atoms with van der Waals surface area (Å²) in [5.41, 5.74) is 4.11. The third-order valence-corrected chi connectivity index (χ3v) is 6.99. The SMILES string of the molecule is C1=CCOC=C1.Cc1cccc(Br)c1OC1CCc2c(ccc3c2ccc2ccccc23)C1. The number of benzene rings is 4. The van der Waals surface area contributed by atoms with Crippen LogP contribution in [0.3, 0.4) is 0 Å². The van der Waals surface area contributed by atoms with Gasteiger partial charge in [0.2, 0.25) is 0 Å². The minimum Gasteiger partial charge on any atom is -0.497 e. The van der Waals surface area contributed by atoms with E-state index in [0.29, 0.717) is 0 Å². The molecule has 0 radical (unpaired) electrons. The first kappa shape index (κ1) is 21.8. The van der Waals surface area contributed by atoms with Gasteiger partial charge < -0.3 is 9.47 Å². The molecule has 2 nitrogen and oxygen atoms in total. The molecule has 0 aromatic heterocycles. The smallest absolute Gasteiger partial charge is 0.136 e. The van der Waals surface area contributed by atoms with E-state index in [0.717, 1.165) is 36.1 Å². The zero-order valence-corrected chi connectivity index (χ0v) is 20.3. The van der Waals surface area contributed by atoms with Crippen molar-refractivity contribution in [2.24, 2.45) is 0 Å². The Hall–Kier alpha value is -3.04. The van der Waals surface area contributed by atoms with Gasteiger partial charge in [0.15, 0.2) is 0 Å². The van der Waals surface area contributed by atoms with E-state index < -0.39 is 0 Å². The lowest BCUT2D eigenvalue weighted by Gasteiger charge is -2.28. The number of allylic oxidation sites excluding steroid dienone is 2. The van der Waals surface area contributed by atoms with Crippen LogP contribution in [0.5, 0.6) is 5.75 Å². The molecule has 33 heavy (non-hydrogen) atoms. The zero-order chi connectivity index (χ0) is 22.6. The van der Waals surface area contributed by atoms with Crippen LogP contribution in [0.25, 0.3) is 21.5 Å². The maximum absolute atomic E-state index is 6.41. The maximum Gasteiger partial charge on any atom is 0.136 e. The van der Waals surface area contributed by atoms with Gasteiger partial charge in [-0.1, -0.05) is 66.7 Å². The fourth-order valence-electron chi connectivity index (χ4n) is 4.71. The van der Waals surface area contributed by atoms with Gasteiger partial charge in [0.1, 0.15) is 18.5 Å². The minimum absolute atomic E-state index is 0.229. The summed E-state index contributed by atoms with van der Waals surface area (Å²) in [5.74, 6) is 0.984. The Morgan fingerprint density at radius 2 is 1.76 bits per heavy atom. The minimum atomic E-state index is 0.229. The number of ether oxygens (including phenoxy) is 2. The summed E-state index contributed by atoms with van der Waals surface area (Å²) in [5, 5.41) is 5.43. The van der Waals surface area contributed by atoms with E-state index in [9.17, 15) is 0 Å². The van der Waals surface area contributed by atoms with Crippen LogP contribution in [0.4, 0.5) is 0 Å². The van der Waals surface area contributed by atoms with Crippen LogP contribution in [0.1, 0.15) is 23.1 Å². The van der Waals surface area contributed by atoms with Crippen molar-refractivity contribution in [3.05, 3.63) is 112 Å². The average Bonchev–Trinajstić information content (AvgIpc) is 2.87. The molecule has 0 fully saturated rings. The summed E-state index contributed by atoms with van der Waals surface area (Å²) in [7, 11) is 0. The number of aryl methyl sites for hydroxylation is 2. The predicted molar refractivity (Wildman–Crippen MR) is 141 cm³/mol. The summed E-state index contributed by atoms with van der Waals surface area (Å²) in [6, 6.07) is 24.0. The van der Waals surface area contributed by atoms with Gasteiger partial charge in [0.05, 0.1) is 10.7 Å². The van der Waals surface area contributed by atoms with Crippen molar-refractivity contribution in [2.75, 3.05) is 6.61 Å². The predicted octanol–water partition coefficient (Wildman–Crippen LogP) is 8.09. The molecule has 4 aromatic rings. The van der Waals surface area contributed by atoms with Crippen molar-refractivity contribution in [2.45, 2.75) is 32.3 Å². The van der Waals surface area contributed by atoms with Crippen molar-refractivity contribution in [3.8, 4) is 5.75 Å². The van der Waals surface area contributed by atoms with Crippen LogP contribution < -0.4 is 4.74 Å². The van der Waals surface area contributed by atoms with Crippen LogP contribution in [0.2, 0.25) is 0 Å². The number of para-hydroxylation sites is 1. The number of rotatable bonds is 2. The first-order valence-electron chi connectivity index (χ1n) is 11.5. The highest BCUT2D eigenvalue weighted by Crippen LogP contribution is 2.36. The van der Waals surface area contributed by atoms with Crippen molar-refractivity contribution in [1.29, 1.82) is 0 Å². The monoisotopic (exact) mass is 498 g/mol. The number of fused-ring (bicyclic) bond motifs is 5. The molecular weight excluding hydrogens is 472 g/mol. The topological polar surface area (TPSA) is 18.5 Å². The van der Waals surface area contributed by atoms with Gasteiger partial charge >= 0.3 is 0 Å². The third kappa shape index (κ3) is 4.69. The van der Waals surface area contributed by atoms with Gasteiger partial charge in [-0.15, -0.1) is 0 Å². The molecule has 0 saturated heterocycles. The van der Waals surface area contributed by atoms with E-state index in [2.05, 4.69) is 89.6 Å². The Morgan fingerprint density at radius 1 is 0.879 bits per heavy atom. The Bertz CT molecular complexity index is 1320. The van der Waals surface area contributed by atoms with Crippen LogP contribution in [-0.2, 0) is 17.6 Å². The molecule has 0 bridgehead atoms. The standard InChI is InChI=1S/C25H21BrO.C5H6O/c1-16-5-4-8-24(26)25(16)27-19-11-14-21-18(15-19)10-13-22-20-7-3-2-6-17(20)9-12-23(21)22;1-2-4-6-5-3-1/h2-10,12-13,19H,11,14-15H2,1H3;1-4H,5H2. The summed E-state index contributed by atoms with van der Waals surface area (Å²) >= 11 is 3.64. The van der Waals surface area contributed by atoms with Gasteiger partial charge in [-0.3, -0.25) is 0 Å². The van der Waals surface area contributed by atoms with E-state index in [1.54, 1.807) is 6.26 Å². The first-order valence-corrected chi connectivity index (χ1v) is 12.3. The zero-order valence-electron chi connectivity index (χ0n) is 18.8. The second-order valence-corrected chi connectivity index (χ2v) is 9.40. The Labute approximate surface area is 203 Å². The fourth-order valence-corrected chi connectivity index (χ4v) is 5.27. The van der Waals surface area contributed by atoms with Crippen LogP contribution >= 0.6 is 15.9 Å². The van der Waals surface area contributed by atoms with Gasteiger partial charge in [0.25, 0.3) is 0 Å². The van der Waals surface area contributed by atoms with Crippen LogP contribution in [0, 0.1) is 6.92 Å². The molecule has 1 aliphatic carbocycles. The molecule has 1 unspecified atom stereocenters. The molecule has 0 saturated carbocycles. The van der Waals surface area contributed by atoms with E-state index in [1.165, 1.54) is 38.2 Å². The summed E-state index contributed by atoms with van der Waals surface area (Å²) in [6.07, 6.45) is 10.8. The molecule has 6 rings (SSSR count). The fraction of sp³-hybridized carbons (Fsp3) is 0.200. The second-order valence-electron chi connectivity index (χ2n) is 8.54. The number of hydrogen-bond acceptors (Lipinski definition) is 2. The van der Waals surface area contributed by atoms with E-state index >= 15 is 0 Å². The first-order chi connectivity index (χ1) is 16.2. The lowest BCUT2D eigenvalue weighted by Crippen LogP contribution is -2.25. The number of hydrogen-bond donors (Lipinski definition) is 0. The summed E-state index contributed by atoms with van der Waals surface area (Å²) < 4.78 is 12.3. The van der Waals surface area contributed by atoms with Crippen LogP contribution in [-0.4, -0.2) is 12.7 Å². The van der Waals surface area contributed by atoms with Crippen molar-refractivity contribution < 1.29 is 9.47 Å². The molecular formula is C30H27BrO2. The molecule has 1 aliphatic heterocycles. The highest BCUT2D eigenvalue weighted by Gasteiger charge is 2.23. The molecule has 0 N–H and O–H groups in total. The maximum atomic E-state index is 6.41. The van der Waals surface area contributed by atoms with Crippen molar-refractivity contribution >= 4 is 37.5 Å². The lowest BCUT2D eigenvalue weighted by molar-refractivity contribution is 0.182. The summed E-state index contributed by atoms with van der Waals surface area (Å²) in [4.78, 5) is 0. The van der Waals surface area contributed by atoms with Gasteiger partial charge in [0, 0.05) is 6.42 Å². The molecule has 4 aromatic carbocycles. The van der Waals surface area contributed by atoms with Crippen molar-refractivity contribution in [1.82, 2.24) is 0 Å². The van der Waals surface area contributed by atoms with E-state index in [-0.39, 0.29) is 6.10 Å². The highest BCUT2D eigenvalue weighted by molar-refractivity contribution is 9.10. The van der Waals surface area contributed by atoms with Crippen LogP contribution in [0.15, 0.2) is 95.7 Å². The molecule has 3 heteroatoms. The normalized spacial score (nSPS) is 16.6. The van der Waals surface area contributed by atoms with E-state index in [4.69, 9.17) is 9.47 Å². The quantitative estimate of drug-likeness (QED) is 0.260. The molecule has 2 aliphatic rings. The lowest BCUT2D eigenvalue weighted by atomic mass is 9.85. The van der Waals surface area contributed by atoms with Gasteiger partial charge in [-0.2, -0.15) is 0 Å². The number of halogens is 1. The largest absolute Gasteiger partial charge is 0.497 e. The highest BCUT2D eigenvalue weighted by atomic mass is 79.9. The molecule has 166 valence electrons. The average molecular weight is 499 g/mol. The van der Waals surface area contributed by atoms with Gasteiger partial charge in [-0.05, 0) is 92.1 Å². The van der Waals surface area contributed by atoms with Gasteiger partial charge in [-0.25, -0.2) is 0 Å². The van der Waals surface area contributed by atoms with Crippen molar-refractivity contribution in [3.63, 3.8) is 0 Å². The Kier molecular flexibility index (Phi) is 6.50. The van der Waals surface area contributed by atoms with E-state index in [1.807, 2.05) is 18.2 Å².